The molecule has 0 saturated carbocycles. The van der Waals surface area contributed by atoms with E-state index in [1.165, 1.54) is 24.3 Å². The number of nitrogens with one attached hydrogen (secondary N) is 1. The highest BCUT2D eigenvalue weighted by Crippen LogP contribution is 2.27. The van der Waals surface area contributed by atoms with Gasteiger partial charge in [0.25, 0.3) is 10.0 Å². The summed E-state index contributed by atoms with van der Waals surface area (Å²) in [6, 6.07) is 7.30. The number of hydrogen-bond acceptors (Lipinski definition) is 4. The quantitative estimate of drug-likeness (QED) is 0.883. The van der Waals surface area contributed by atoms with Gasteiger partial charge in [0.05, 0.1) is 10.7 Å². The van der Waals surface area contributed by atoms with Crippen LogP contribution >= 0.6 is 22.9 Å². The van der Waals surface area contributed by atoms with Crippen molar-refractivity contribution in [1.29, 1.82) is 0 Å². The molecular weight excluding hydrogens is 323 g/mol. The van der Waals surface area contributed by atoms with Crippen LogP contribution in [0.2, 0.25) is 5.02 Å². The van der Waals surface area contributed by atoms with Gasteiger partial charge in [0.1, 0.15) is 4.21 Å². The van der Waals surface area contributed by atoms with E-state index in [4.69, 9.17) is 17.3 Å². The van der Waals surface area contributed by atoms with Gasteiger partial charge in [0.2, 0.25) is 0 Å². The number of thiophene rings is 1. The Bertz CT molecular complexity index is 716. The lowest BCUT2D eigenvalue weighted by Gasteiger charge is -2.07. The van der Waals surface area contributed by atoms with Crippen molar-refractivity contribution in [3.8, 4) is 0 Å². The van der Waals surface area contributed by atoms with E-state index in [2.05, 4.69) is 4.72 Å². The third kappa shape index (κ3) is 3.29. The minimum Gasteiger partial charge on any atom is -0.330 e. The summed E-state index contributed by atoms with van der Waals surface area (Å²) in [4.78, 5) is 0.861. The number of rotatable bonds is 5. The highest BCUT2D eigenvalue weighted by atomic mass is 35.5. The van der Waals surface area contributed by atoms with E-state index in [9.17, 15) is 12.8 Å². The van der Waals surface area contributed by atoms with Crippen LogP contribution in [0.15, 0.2) is 34.5 Å². The minimum atomic E-state index is -3.82. The van der Waals surface area contributed by atoms with Crippen molar-refractivity contribution in [1.82, 2.24) is 0 Å². The fraction of sp³-hybridized carbons (Fsp3) is 0.167. The summed E-state index contributed by atoms with van der Waals surface area (Å²) in [6.45, 7) is 0.441. The van der Waals surface area contributed by atoms with Crippen molar-refractivity contribution >= 4 is 38.6 Å². The molecule has 0 aliphatic heterocycles. The highest BCUT2D eigenvalue weighted by Gasteiger charge is 2.19. The topological polar surface area (TPSA) is 72.2 Å². The average molecular weight is 335 g/mol. The molecule has 0 bridgehead atoms. The maximum Gasteiger partial charge on any atom is 0.271 e. The van der Waals surface area contributed by atoms with E-state index >= 15 is 0 Å². The third-order valence-corrected chi connectivity index (χ3v) is 5.78. The van der Waals surface area contributed by atoms with Crippen LogP contribution in [0.5, 0.6) is 0 Å². The van der Waals surface area contributed by atoms with Crippen molar-refractivity contribution < 1.29 is 12.8 Å². The molecule has 108 valence electrons. The van der Waals surface area contributed by atoms with Crippen LogP contribution in [0.3, 0.4) is 0 Å². The molecule has 1 aromatic heterocycles. The molecule has 20 heavy (non-hydrogen) atoms. The van der Waals surface area contributed by atoms with Gasteiger partial charge < -0.3 is 5.73 Å². The van der Waals surface area contributed by atoms with Crippen molar-refractivity contribution in [2.75, 3.05) is 11.3 Å². The smallest absolute Gasteiger partial charge is 0.271 e. The molecule has 0 amide bonds. The van der Waals surface area contributed by atoms with Crippen molar-refractivity contribution in [3.63, 3.8) is 0 Å². The van der Waals surface area contributed by atoms with E-state index in [0.29, 0.717) is 13.0 Å². The second-order valence-electron chi connectivity index (χ2n) is 3.97. The summed E-state index contributed by atoms with van der Waals surface area (Å²) < 4.78 is 40.3. The zero-order valence-electron chi connectivity index (χ0n) is 10.3. The van der Waals surface area contributed by atoms with Gasteiger partial charge >= 0.3 is 0 Å². The maximum atomic E-state index is 13.7. The number of nitrogens with two attached hydrogens (primary N) is 1. The molecule has 2 rings (SSSR count). The number of sulfonamides is 1. The van der Waals surface area contributed by atoms with Gasteiger partial charge in [-0.3, -0.25) is 4.72 Å². The molecule has 2 aromatic rings. The predicted octanol–water partition coefficient (Wildman–Crippen LogP) is 2.84. The van der Waals surface area contributed by atoms with Gasteiger partial charge in [-0.25, -0.2) is 12.8 Å². The first-order valence-corrected chi connectivity index (χ1v) is 8.37. The fourth-order valence-corrected chi connectivity index (χ4v) is 4.16. The molecule has 8 heteroatoms. The van der Waals surface area contributed by atoms with E-state index in [1.807, 2.05) is 0 Å². The van der Waals surface area contributed by atoms with Crippen molar-refractivity contribution in [2.45, 2.75) is 10.6 Å². The number of hydrogen-bond donors (Lipinski definition) is 2. The minimum absolute atomic E-state index is 0.111. The Morgan fingerprint density at radius 3 is 2.75 bits per heavy atom. The Morgan fingerprint density at radius 2 is 2.05 bits per heavy atom. The van der Waals surface area contributed by atoms with Crippen LogP contribution in [0.4, 0.5) is 10.1 Å². The van der Waals surface area contributed by atoms with Crippen molar-refractivity contribution in [3.05, 3.63) is 46.0 Å². The molecular formula is C12H12ClFN2O2S2. The first-order chi connectivity index (χ1) is 9.44. The molecule has 0 spiro atoms. The van der Waals surface area contributed by atoms with Gasteiger partial charge in [-0.15, -0.1) is 11.3 Å². The monoisotopic (exact) mass is 334 g/mol. The number of benzene rings is 1. The maximum absolute atomic E-state index is 13.7. The molecule has 3 N–H and O–H groups in total. The Hall–Kier alpha value is -1.15. The Labute approximate surface area is 125 Å². The van der Waals surface area contributed by atoms with Crippen LogP contribution < -0.4 is 10.5 Å². The molecule has 0 fully saturated rings. The number of halogens is 2. The van der Waals surface area contributed by atoms with E-state index < -0.39 is 15.8 Å². The Balaban J connectivity index is 2.28. The SMILES string of the molecule is NCCc1ccc(S(=O)(=O)Nc2cccc(Cl)c2F)s1. The molecule has 1 aromatic carbocycles. The summed E-state index contributed by atoms with van der Waals surface area (Å²) in [5.41, 5.74) is 5.24. The van der Waals surface area contributed by atoms with Crippen LogP contribution in [-0.4, -0.2) is 15.0 Å². The van der Waals surface area contributed by atoms with Crippen molar-refractivity contribution in [2.24, 2.45) is 5.73 Å². The lowest BCUT2D eigenvalue weighted by atomic mass is 10.3. The van der Waals surface area contributed by atoms with E-state index in [1.54, 1.807) is 6.07 Å². The highest BCUT2D eigenvalue weighted by molar-refractivity contribution is 7.94. The Kier molecular flexibility index (Phi) is 4.64. The average Bonchev–Trinajstić information content (AvgIpc) is 2.85. The van der Waals surface area contributed by atoms with Crippen LogP contribution in [-0.2, 0) is 16.4 Å². The zero-order chi connectivity index (χ0) is 14.8. The number of anilines is 1. The van der Waals surface area contributed by atoms with Gasteiger partial charge in [-0.2, -0.15) is 0 Å². The predicted molar refractivity (Wildman–Crippen MR) is 79.3 cm³/mol. The largest absolute Gasteiger partial charge is 0.330 e. The van der Waals surface area contributed by atoms with E-state index in [-0.39, 0.29) is 14.9 Å². The van der Waals surface area contributed by atoms with Crippen LogP contribution in [0.1, 0.15) is 4.88 Å². The molecule has 1 heterocycles. The lowest BCUT2D eigenvalue weighted by Crippen LogP contribution is -2.12. The molecule has 0 aliphatic rings. The molecule has 0 atom stereocenters. The molecule has 0 radical (unpaired) electrons. The summed E-state index contributed by atoms with van der Waals surface area (Å²) >= 11 is 6.72. The fourth-order valence-electron chi connectivity index (χ4n) is 1.56. The molecule has 0 unspecified atom stereocenters. The van der Waals surface area contributed by atoms with Gasteiger partial charge in [-0.1, -0.05) is 17.7 Å². The Morgan fingerprint density at radius 1 is 1.30 bits per heavy atom. The van der Waals surface area contributed by atoms with Gasteiger partial charge in [0.15, 0.2) is 5.82 Å². The van der Waals surface area contributed by atoms with Crippen LogP contribution in [0, 0.1) is 5.82 Å². The summed E-state index contributed by atoms with van der Waals surface area (Å²) in [5, 5.41) is -0.139. The lowest BCUT2D eigenvalue weighted by molar-refractivity contribution is 0.600. The zero-order valence-corrected chi connectivity index (χ0v) is 12.7. The molecule has 4 nitrogen and oxygen atoms in total. The third-order valence-electron chi connectivity index (χ3n) is 2.49. The standard InChI is InChI=1S/C12H12ClFN2O2S2/c13-9-2-1-3-10(12(9)14)16-20(17,18)11-5-4-8(19-11)6-7-15/h1-5,16H,6-7,15H2. The van der Waals surface area contributed by atoms with Gasteiger partial charge in [0, 0.05) is 4.88 Å². The molecule has 0 aliphatic carbocycles. The van der Waals surface area contributed by atoms with Crippen LogP contribution in [0.25, 0.3) is 0 Å². The first kappa shape index (κ1) is 15.2. The summed E-state index contributed by atoms with van der Waals surface area (Å²) in [7, 11) is -3.82. The first-order valence-electron chi connectivity index (χ1n) is 5.69. The summed E-state index contributed by atoms with van der Waals surface area (Å²) in [5.74, 6) is -0.795. The second-order valence-corrected chi connectivity index (χ2v) is 7.45. The van der Waals surface area contributed by atoms with E-state index in [0.717, 1.165) is 16.2 Å². The normalized spacial score (nSPS) is 11.6. The summed E-state index contributed by atoms with van der Waals surface area (Å²) in [6.07, 6.45) is 0.603. The van der Waals surface area contributed by atoms with Gasteiger partial charge in [-0.05, 0) is 37.2 Å². The molecule has 0 saturated heterocycles. The second kappa shape index (κ2) is 6.09.